The van der Waals surface area contributed by atoms with Crippen molar-refractivity contribution in [1.29, 1.82) is 0 Å². The normalized spacial score (nSPS) is 10.0. The van der Waals surface area contributed by atoms with Crippen LogP contribution in [0, 0.1) is 11.8 Å². The molecule has 0 aliphatic carbocycles. The number of rotatable bonds is 1. The summed E-state index contributed by atoms with van der Waals surface area (Å²) in [6, 6.07) is 7.54. The lowest BCUT2D eigenvalue weighted by atomic mass is 10.2. The van der Waals surface area contributed by atoms with Crippen LogP contribution in [0.25, 0.3) is 11.0 Å². The third-order valence-corrected chi connectivity index (χ3v) is 2.27. The number of benzene rings is 1. The van der Waals surface area contributed by atoms with Gasteiger partial charge in [0.15, 0.2) is 11.3 Å². The van der Waals surface area contributed by atoms with Gasteiger partial charge in [0.05, 0.1) is 11.6 Å². The first kappa shape index (κ1) is 10.1. The average Bonchev–Trinajstić information content (AvgIpc) is 2.63. The minimum Gasteiger partial charge on any atom is -0.446 e. The summed E-state index contributed by atoms with van der Waals surface area (Å²) in [6.45, 7) is 0.644. The highest BCUT2D eigenvalue weighted by Gasteiger charge is 2.04. The zero-order chi connectivity index (χ0) is 10.7. The van der Waals surface area contributed by atoms with Gasteiger partial charge in [0.25, 0.3) is 0 Å². The second-order valence-corrected chi connectivity index (χ2v) is 3.51. The number of nitrogens with one attached hydrogen (secondary N) is 1. The maximum absolute atomic E-state index is 5.98. The predicted molar refractivity (Wildman–Crippen MR) is 62.0 cm³/mol. The summed E-state index contributed by atoms with van der Waals surface area (Å²) < 4.78 is 5.51. The summed E-state index contributed by atoms with van der Waals surface area (Å²) in [5.74, 6) is 6.50. The van der Waals surface area contributed by atoms with E-state index in [2.05, 4.69) is 17.2 Å². The van der Waals surface area contributed by atoms with Gasteiger partial charge in [0.1, 0.15) is 0 Å². The lowest BCUT2D eigenvalue weighted by Gasteiger charge is -1.88. The van der Waals surface area contributed by atoms with E-state index < -0.39 is 0 Å². The van der Waals surface area contributed by atoms with E-state index in [9.17, 15) is 0 Å². The lowest BCUT2D eigenvalue weighted by molar-refractivity contribution is 0.601. The van der Waals surface area contributed by atoms with Crippen LogP contribution in [-0.4, -0.2) is 13.6 Å². The molecule has 0 saturated heterocycles. The van der Waals surface area contributed by atoms with E-state index in [-0.39, 0.29) is 0 Å². The molecule has 2 nitrogen and oxygen atoms in total. The number of para-hydroxylation sites is 1. The summed E-state index contributed by atoms with van der Waals surface area (Å²) in [6.07, 6.45) is 0. The largest absolute Gasteiger partial charge is 0.446 e. The van der Waals surface area contributed by atoms with Gasteiger partial charge >= 0.3 is 0 Å². The molecule has 1 N–H and O–H groups in total. The fraction of sp³-hybridized carbons (Fsp3) is 0.167. The van der Waals surface area contributed by atoms with E-state index in [0.717, 1.165) is 5.39 Å². The van der Waals surface area contributed by atoms with Gasteiger partial charge in [0, 0.05) is 11.5 Å². The van der Waals surface area contributed by atoms with Crippen molar-refractivity contribution in [2.45, 2.75) is 0 Å². The van der Waals surface area contributed by atoms with E-state index in [0.29, 0.717) is 22.9 Å². The van der Waals surface area contributed by atoms with E-state index in [1.807, 2.05) is 25.2 Å². The molecule has 2 aromatic rings. The van der Waals surface area contributed by atoms with Crippen LogP contribution in [0.2, 0.25) is 5.02 Å². The molecule has 0 unspecified atom stereocenters. The molecule has 76 valence electrons. The molecule has 1 aromatic carbocycles. The predicted octanol–water partition coefficient (Wildman–Crippen LogP) is 2.66. The summed E-state index contributed by atoms with van der Waals surface area (Å²) >= 11 is 5.98. The Balaban J connectivity index is 2.40. The number of hydrogen-bond donors (Lipinski definition) is 1. The zero-order valence-corrected chi connectivity index (χ0v) is 9.06. The van der Waals surface area contributed by atoms with Gasteiger partial charge in [-0.15, -0.1) is 0 Å². The SMILES string of the molecule is CNCC#Cc1cc2cccc(Cl)c2o1. The minimum atomic E-state index is 0.620. The summed E-state index contributed by atoms with van der Waals surface area (Å²) in [4.78, 5) is 0. The molecule has 0 aliphatic heterocycles. The highest BCUT2D eigenvalue weighted by Crippen LogP contribution is 2.25. The van der Waals surface area contributed by atoms with E-state index in [1.165, 1.54) is 0 Å². The third kappa shape index (κ3) is 2.15. The molecule has 0 radical (unpaired) electrons. The summed E-state index contributed by atoms with van der Waals surface area (Å²) in [5.41, 5.74) is 0.702. The van der Waals surface area contributed by atoms with Crippen LogP contribution < -0.4 is 5.32 Å². The van der Waals surface area contributed by atoms with Crippen molar-refractivity contribution in [1.82, 2.24) is 5.32 Å². The number of halogens is 1. The first-order valence-corrected chi connectivity index (χ1v) is 5.00. The summed E-state index contributed by atoms with van der Waals surface area (Å²) in [7, 11) is 1.85. The molecule has 0 fully saturated rings. The van der Waals surface area contributed by atoms with Gasteiger partial charge in [-0.1, -0.05) is 29.7 Å². The van der Waals surface area contributed by atoms with Gasteiger partial charge < -0.3 is 9.73 Å². The Bertz CT molecular complexity index is 533. The third-order valence-electron chi connectivity index (χ3n) is 1.97. The van der Waals surface area contributed by atoms with Gasteiger partial charge in [0.2, 0.25) is 0 Å². The minimum absolute atomic E-state index is 0.620. The number of fused-ring (bicyclic) bond motifs is 1. The lowest BCUT2D eigenvalue weighted by Crippen LogP contribution is -2.04. The van der Waals surface area contributed by atoms with Gasteiger partial charge in [-0.05, 0) is 19.0 Å². The molecule has 0 atom stereocenters. The molecule has 1 heterocycles. The van der Waals surface area contributed by atoms with Crippen LogP contribution >= 0.6 is 11.6 Å². The van der Waals surface area contributed by atoms with E-state index in [1.54, 1.807) is 6.07 Å². The van der Waals surface area contributed by atoms with Crippen molar-refractivity contribution in [3.63, 3.8) is 0 Å². The molecule has 0 saturated carbocycles. The molecular formula is C12H10ClNO. The van der Waals surface area contributed by atoms with Crippen molar-refractivity contribution in [3.8, 4) is 11.8 Å². The molecule has 15 heavy (non-hydrogen) atoms. The number of furan rings is 1. The number of hydrogen-bond acceptors (Lipinski definition) is 2. The van der Waals surface area contributed by atoms with Crippen LogP contribution in [0.3, 0.4) is 0 Å². The van der Waals surface area contributed by atoms with E-state index in [4.69, 9.17) is 16.0 Å². The first-order valence-electron chi connectivity index (χ1n) is 4.63. The Morgan fingerprint density at radius 1 is 1.47 bits per heavy atom. The Morgan fingerprint density at radius 3 is 3.07 bits per heavy atom. The molecule has 2 rings (SSSR count). The Labute approximate surface area is 93.2 Å². The van der Waals surface area contributed by atoms with Crippen molar-refractivity contribution in [2.24, 2.45) is 0 Å². The van der Waals surface area contributed by atoms with Gasteiger partial charge in [-0.25, -0.2) is 0 Å². The zero-order valence-electron chi connectivity index (χ0n) is 8.30. The molecule has 0 aliphatic rings. The fourth-order valence-electron chi connectivity index (χ4n) is 1.31. The van der Waals surface area contributed by atoms with E-state index >= 15 is 0 Å². The molecule has 0 amide bonds. The highest BCUT2D eigenvalue weighted by atomic mass is 35.5. The van der Waals surface area contributed by atoms with Crippen LogP contribution in [0.5, 0.6) is 0 Å². The van der Waals surface area contributed by atoms with Crippen LogP contribution in [0.4, 0.5) is 0 Å². The van der Waals surface area contributed by atoms with Crippen LogP contribution in [0.1, 0.15) is 5.76 Å². The monoisotopic (exact) mass is 219 g/mol. The average molecular weight is 220 g/mol. The fourth-order valence-corrected chi connectivity index (χ4v) is 1.53. The van der Waals surface area contributed by atoms with Crippen molar-refractivity contribution >= 4 is 22.6 Å². The van der Waals surface area contributed by atoms with Crippen LogP contribution in [0.15, 0.2) is 28.7 Å². The molecule has 0 bridgehead atoms. The van der Waals surface area contributed by atoms with Crippen molar-refractivity contribution in [2.75, 3.05) is 13.6 Å². The first-order chi connectivity index (χ1) is 7.31. The van der Waals surface area contributed by atoms with Gasteiger partial charge in [-0.3, -0.25) is 0 Å². The molecule has 3 heteroatoms. The summed E-state index contributed by atoms with van der Waals surface area (Å²) in [5, 5.41) is 4.54. The second-order valence-electron chi connectivity index (χ2n) is 3.10. The molecule has 1 aromatic heterocycles. The van der Waals surface area contributed by atoms with Gasteiger partial charge in [-0.2, -0.15) is 0 Å². The molecular weight excluding hydrogens is 210 g/mol. The topological polar surface area (TPSA) is 25.2 Å². The smallest absolute Gasteiger partial charge is 0.178 e. The van der Waals surface area contributed by atoms with Crippen molar-refractivity contribution in [3.05, 3.63) is 35.0 Å². The Kier molecular flexibility index (Phi) is 2.96. The Hall–Kier alpha value is -1.43. The Morgan fingerprint density at radius 2 is 2.33 bits per heavy atom. The highest BCUT2D eigenvalue weighted by molar-refractivity contribution is 6.34. The quantitative estimate of drug-likeness (QED) is 0.746. The maximum Gasteiger partial charge on any atom is 0.178 e. The molecule has 0 spiro atoms. The standard InChI is InChI=1S/C12H10ClNO/c1-14-7-3-5-10-8-9-4-2-6-11(13)12(9)15-10/h2,4,6,8,14H,7H2,1H3. The van der Waals surface area contributed by atoms with Crippen molar-refractivity contribution < 1.29 is 4.42 Å². The maximum atomic E-state index is 5.98. The van der Waals surface area contributed by atoms with Crippen LogP contribution in [-0.2, 0) is 0 Å². The second kappa shape index (κ2) is 4.39.